The quantitative estimate of drug-likeness (QED) is 0.629. The Morgan fingerprint density at radius 1 is 1.71 bits per heavy atom. The van der Waals surface area contributed by atoms with E-state index in [9.17, 15) is 23.7 Å². The highest BCUT2D eigenvalue weighted by Crippen LogP contribution is 2.28. The zero-order valence-corrected chi connectivity index (χ0v) is 8.71. The molecule has 1 N–H and O–H groups in total. The molecule has 0 radical (unpaired) electrons. The van der Waals surface area contributed by atoms with E-state index in [2.05, 4.69) is 5.10 Å². The maximum atomic E-state index is 12.6. The Balaban J connectivity index is 3.08. The Hall–Kier alpha value is -2.06. The first kappa shape index (κ1) is 13.0. The molecular formula is C8H9F2N3O4. The maximum absolute atomic E-state index is 12.6. The largest absolute Gasteiger partial charge is 0.481 e. The van der Waals surface area contributed by atoms with Gasteiger partial charge in [-0.25, -0.2) is 8.78 Å². The minimum Gasteiger partial charge on any atom is -0.481 e. The van der Waals surface area contributed by atoms with Crippen molar-refractivity contribution in [1.82, 2.24) is 9.78 Å². The monoisotopic (exact) mass is 249 g/mol. The third kappa shape index (κ3) is 2.74. The van der Waals surface area contributed by atoms with Crippen molar-refractivity contribution in [3.63, 3.8) is 0 Å². The fourth-order valence-corrected chi connectivity index (χ4v) is 1.23. The second-order valence-corrected chi connectivity index (χ2v) is 3.39. The van der Waals surface area contributed by atoms with Crippen molar-refractivity contribution in [2.24, 2.45) is 5.92 Å². The molecule has 17 heavy (non-hydrogen) atoms. The molecule has 1 atom stereocenters. The molecule has 9 heteroatoms. The molecule has 0 aliphatic heterocycles. The third-order valence-corrected chi connectivity index (χ3v) is 2.13. The van der Waals surface area contributed by atoms with Gasteiger partial charge in [0.15, 0.2) is 5.69 Å². The highest BCUT2D eigenvalue weighted by Gasteiger charge is 2.29. The lowest BCUT2D eigenvalue weighted by Crippen LogP contribution is -2.19. The average Bonchev–Trinajstić information content (AvgIpc) is 2.61. The van der Waals surface area contributed by atoms with Crippen LogP contribution in [0.25, 0.3) is 0 Å². The number of carboxylic acid groups (broad SMARTS) is 1. The molecule has 0 amide bonds. The van der Waals surface area contributed by atoms with Gasteiger partial charge in [-0.2, -0.15) is 5.10 Å². The van der Waals surface area contributed by atoms with Crippen LogP contribution in [0.1, 0.15) is 19.0 Å². The SMILES string of the molecule is C[C@@H](Cn1ncc([N+](=O)[O-])c1C(F)F)C(=O)O. The Bertz CT molecular complexity index is 446. The van der Waals surface area contributed by atoms with Gasteiger partial charge in [-0.15, -0.1) is 0 Å². The molecule has 0 fully saturated rings. The lowest BCUT2D eigenvalue weighted by Gasteiger charge is -2.09. The van der Waals surface area contributed by atoms with Crippen LogP contribution < -0.4 is 0 Å². The lowest BCUT2D eigenvalue weighted by molar-refractivity contribution is -0.386. The fraction of sp³-hybridized carbons (Fsp3) is 0.500. The van der Waals surface area contributed by atoms with Crippen molar-refractivity contribution in [3.8, 4) is 0 Å². The normalized spacial score (nSPS) is 12.7. The van der Waals surface area contributed by atoms with Crippen molar-refractivity contribution in [1.29, 1.82) is 0 Å². The molecule has 1 aromatic heterocycles. The number of nitrogens with zero attached hydrogens (tertiary/aromatic N) is 3. The summed E-state index contributed by atoms with van der Waals surface area (Å²) in [5.74, 6) is -2.16. The number of hydrogen-bond donors (Lipinski definition) is 1. The minimum atomic E-state index is -3.08. The van der Waals surface area contributed by atoms with E-state index < -0.39 is 34.6 Å². The first-order chi connectivity index (χ1) is 7.84. The fourth-order valence-electron chi connectivity index (χ4n) is 1.23. The topological polar surface area (TPSA) is 98.3 Å². The van der Waals surface area contributed by atoms with Gasteiger partial charge in [0.1, 0.15) is 6.20 Å². The summed E-state index contributed by atoms with van der Waals surface area (Å²) in [6.45, 7) is 0.952. The van der Waals surface area contributed by atoms with Crippen molar-refractivity contribution in [3.05, 3.63) is 22.0 Å². The lowest BCUT2D eigenvalue weighted by atomic mass is 10.2. The zero-order chi connectivity index (χ0) is 13.2. The number of hydrogen-bond acceptors (Lipinski definition) is 4. The Labute approximate surface area is 93.8 Å². The summed E-state index contributed by atoms with van der Waals surface area (Å²) in [7, 11) is 0. The summed E-state index contributed by atoms with van der Waals surface area (Å²) < 4.78 is 25.9. The highest BCUT2D eigenvalue weighted by molar-refractivity contribution is 5.69. The van der Waals surface area contributed by atoms with E-state index in [0.717, 1.165) is 0 Å². The molecule has 0 aliphatic rings. The molecule has 0 bridgehead atoms. The van der Waals surface area contributed by atoms with Gasteiger partial charge in [0.25, 0.3) is 6.43 Å². The van der Waals surface area contributed by atoms with Crippen LogP contribution in [0.5, 0.6) is 0 Å². The molecular weight excluding hydrogens is 240 g/mol. The molecule has 0 unspecified atom stereocenters. The Kier molecular flexibility index (Phi) is 3.71. The third-order valence-electron chi connectivity index (χ3n) is 2.13. The van der Waals surface area contributed by atoms with Crippen LogP contribution in [-0.2, 0) is 11.3 Å². The first-order valence-electron chi connectivity index (χ1n) is 4.55. The number of aliphatic carboxylic acids is 1. The Morgan fingerprint density at radius 2 is 2.29 bits per heavy atom. The van der Waals surface area contributed by atoms with Crippen LogP contribution in [0.15, 0.2) is 6.20 Å². The van der Waals surface area contributed by atoms with E-state index >= 15 is 0 Å². The number of nitro groups is 1. The molecule has 0 saturated carbocycles. The first-order valence-corrected chi connectivity index (χ1v) is 4.55. The van der Waals surface area contributed by atoms with E-state index in [1.54, 1.807) is 0 Å². The van der Waals surface area contributed by atoms with Gasteiger partial charge in [-0.3, -0.25) is 19.6 Å². The van der Waals surface area contributed by atoms with Crippen molar-refractivity contribution >= 4 is 11.7 Å². The van der Waals surface area contributed by atoms with Gasteiger partial charge < -0.3 is 5.11 Å². The molecule has 0 saturated heterocycles. The van der Waals surface area contributed by atoms with Crippen molar-refractivity contribution in [2.45, 2.75) is 19.9 Å². The van der Waals surface area contributed by atoms with E-state index in [4.69, 9.17) is 5.11 Å². The molecule has 0 spiro atoms. The predicted molar refractivity (Wildman–Crippen MR) is 50.6 cm³/mol. The molecule has 1 aromatic rings. The molecule has 7 nitrogen and oxygen atoms in total. The van der Waals surface area contributed by atoms with E-state index in [1.165, 1.54) is 6.92 Å². The number of carboxylic acids is 1. The molecule has 1 heterocycles. The van der Waals surface area contributed by atoms with Crippen LogP contribution in [0.2, 0.25) is 0 Å². The smallest absolute Gasteiger partial charge is 0.316 e. The average molecular weight is 249 g/mol. The van der Waals surface area contributed by atoms with Gasteiger partial charge in [-0.1, -0.05) is 6.92 Å². The van der Waals surface area contributed by atoms with E-state index in [0.29, 0.717) is 10.9 Å². The highest BCUT2D eigenvalue weighted by atomic mass is 19.3. The summed E-state index contributed by atoms with van der Waals surface area (Å²) in [5.41, 5.74) is -1.68. The van der Waals surface area contributed by atoms with Gasteiger partial charge in [-0.05, 0) is 0 Å². The van der Waals surface area contributed by atoms with E-state index in [-0.39, 0.29) is 6.54 Å². The number of halogens is 2. The van der Waals surface area contributed by atoms with Crippen LogP contribution >= 0.6 is 0 Å². The van der Waals surface area contributed by atoms with E-state index in [1.807, 2.05) is 0 Å². The maximum Gasteiger partial charge on any atom is 0.316 e. The number of carbonyl (C=O) groups is 1. The van der Waals surface area contributed by atoms with Gasteiger partial charge >= 0.3 is 11.7 Å². The van der Waals surface area contributed by atoms with Crippen LogP contribution in [-0.4, -0.2) is 25.8 Å². The van der Waals surface area contributed by atoms with Gasteiger partial charge in [0.2, 0.25) is 0 Å². The minimum absolute atomic E-state index is 0.344. The molecule has 0 aliphatic carbocycles. The molecule has 1 rings (SSSR count). The van der Waals surface area contributed by atoms with Crippen molar-refractivity contribution in [2.75, 3.05) is 0 Å². The molecule has 0 aromatic carbocycles. The second kappa shape index (κ2) is 4.85. The summed E-state index contributed by atoms with van der Waals surface area (Å²) in [6.07, 6.45) is -2.39. The van der Waals surface area contributed by atoms with Crippen LogP contribution in [0.4, 0.5) is 14.5 Å². The predicted octanol–water partition coefficient (Wildman–Crippen LogP) is 1.45. The summed E-state index contributed by atoms with van der Waals surface area (Å²) in [6, 6.07) is 0. The van der Waals surface area contributed by atoms with Crippen LogP contribution in [0.3, 0.4) is 0 Å². The standard InChI is InChI=1S/C8H9F2N3O4/c1-4(8(14)15)3-12-6(7(9)10)5(2-11-12)13(16)17/h2,4,7H,3H2,1H3,(H,14,15)/t4-/m0/s1. The van der Waals surface area contributed by atoms with Gasteiger partial charge in [0, 0.05) is 0 Å². The molecule has 94 valence electrons. The summed E-state index contributed by atoms with van der Waals surface area (Å²) in [4.78, 5) is 20.0. The number of rotatable bonds is 5. The summed E-state index contributed by atoms with van der Waals surface area (Å²) in [5, 5.41) is 22.5. The van der Waals surface area contributed by atoms with Crippen molar-refractivity contribution < 1.29 is 23.6 Å². The summed E-state index contributed by atoms with van der Waals surface area (Å²) >= 11 is 0. The van der Waals surface area contributed by atoms with Crippen LogP contribution in [0, 0.1) is 16.0 Å². The Morgan fingerprint density at radius 3 is 2.71 bits per heavy atom. The van der Waals surface area contributed by atoms with Gasteiger partial charge in [0.05, 0.1) is 17.4 Å². The number of aromatic nitrogens is 2. The zero-order valence-electron chi connectivity index (χ0n) is 8.71. The second-order valence-electron chi connectivity index (χ2n) is 3.39. The number of alkyl halides is 2.